The summed E-state index contributed by atoms with van der Waals surface area (Å²) in [6, 6.07) is 17.8. The zero-order valence-electron chi connectivity index (χ0n) is 15.0. The van der Waals surface area contributed by atoms with Crippen LogP contribution in [-0.4, -0.2) is 30.6 Å². The van der Waals surface area contributed by atoms with E-state index in [9.17, 15) is 4.79 Å². The van der Waals surface area contributed by atoms with Gasteiger partial charge in [-0.05, 0) is 42.0 Å². The van der Waals surface area contributed by atoms with E-state index in [1.807, 2.05) is 47.4 Å². The predicted molar refractivity (Wildman–Crippen MR) is 107 cm³/mol. The van der Waals surface area contributed by atoms with E-state index in [-0.39, 0.29) is 18.3 Å². The van der Waals surface area contributed by atoms with E-state index >= 15 is 0 Å². The van der Waals surface area contributed by atoms with Crippen LogP contribution in [-0.2, 0) is 22.5 Å². The summed E-state index contributed by atoms with van der Waals surface area (Å²) in [7, 11) is 0. The molecule has 140 valence electrons. The van der Waals surface area contributed by atoms with Crippen molar-refractivity contribution in [2.24, 2.45) is 5.92 Å². The molecule has 1 aliphatic heterocycles. The second kappa shape index (κ2) is 10.2. The molecule has 0 unspecified atom stereocenters. The highest BCUT2D eigenvalue weighted by atomic mass is 35.5. The van der Waals surface area contributed by atoms with Crippen molar-refractivity contribution in [2.45, 2.75) is 25.8 Å². The first-order valence-electron chi connectivity index (χ1n) is 8.94. The summed E-state index contributed by atoms with van der Waals surface area (Å²) in [6.07, 6.45) is 2.47. The quantitative estimate of drug-likeness (QED) is 0.784. The number of carbonyl (C=O) groups is 1. The Morgan fingerprint density at radius 3 is 2.31 bits per heavy atom. The largest absolute Gasteiger partial charge is 0.399 e. The number of halogens is 1. The maximum absolute atomic E-state index is 12.9. The lowest BCUT2D eigenvalue weighted by Crippen LogP contribution is -2.37. The van der Waals surface area contributed by atoms with Crippen molar-refractivity contribution in [3.8, 4) is 0 Å². The van der Waals surface area contributed by atoms with Gasteiger partial charge in [0, 0.05) is 32.0 Å². The summed E-state index contributed by atoms with van der Waals surface area (Å²) in [4.78, 5) is 14.9. The third kappa shape index (κ3) is 6.04. The lowest BCUT2D eigenvalue weighted by molar-refractivity contribution is -0.132. The summed E-state index contributed by atoms with van der Waals surface area (Å²) in [5.41, 5.74) is 8.63. The lowest BCUT2D eigenvalue weighted by atomic mass is 9.99. The third-order valence-electron chi connectivity index (χ3n) is 4.72. The Morgan fingerprint density at radius 2 is 1.65 bits per heavy atom. The second-order valence-corrected chi connectivity index (χ2v) is 6.73. The van der Waals surface area contributed by atoms with Gasteiger partial charge in [0.05, 0.1) is 6.42 Å². The zero-order chi connectivity index (χ0) is 17.5. The van der Waals surface area contributed by atoms with Crippen LogP contribution in [0.3, 0.4) is 0 Å². The van der Waals surface area contributed by atoms with E-state index in [0.29, 0.717) is 18.9 Å². The van der Waals surface area contributed by atoms with Gasteiger partial charge in [0.1, 0.15) is 0 Å². The van der Waals surface area contributed by atoms with Gasteiger partial charge in [0.25, 0.3) is 0 Å². The average molecular weight is 375 g/mol. The zero-order valence-corrected chi connectivity index (χ0v) is 15.8. The van der Waals surface area contributed by atoms with Crippen molar-refractivity contribution in [1.82, 2.24) is 4.90 Å². The van der Waals surface area contributed by atoms with Crippen LogP contribution in [0.2, 0.25) is 0 Å². The summed E-state index contributed by atoms with van der Waals surface area (Å²) < 4.78 is 5.45. The van der Waals surface area contributed by atoms with Gasteiger partial charge in [-0.25, -0.2) is 0 Å². The monoisotopic (exact) mass is 374 g/mol. The van der Waals surface area contributed by atoms with Crippen LogP contribution in [0.25, 0.3) is 0 Å². The maximum Gasteiger partial charge on any atom is 0.227 e. The Labute approximate surface area is 161 Å². The summed E-state index contributed by atoms with van der Waals surface area (Å²) >= 11 is 0. The number of ether oxygens (including phenoxy) is 1. The number of hydrogen-bond donors (Lipinski definition) is 1. The third-order valence-corrected chi connectivity index (χ3v) is 4.72. The number of nitrogen functional groups attached to an aromatic ring is 1. The van der Waals surface area contributed by atoms with Crippen LogP contribution in [0.1, 0.15) is 24.0 Å². The van der Waals surface area contributed by atoms with E-state index < -0.39 is 0 Å². The van der Waals surface area contributed by atoms with Gasteiger partial charge >= 0.3 is 0 Å². The number of carbonyl (C=O) groups excluding carboxylic acids is 1. The Morgan fingerprint density at radius 1 is 1.00 bits per heavy atom. The molecule has 2 N–H and O–H groups in total. The first-order chi connectivity index (χ1) is 12.2. The Bertz CT molecular complexity index is 670. The summed E-state index contributed by atoms with van der Waals surface area (Å²) in [6.45, 7) is 3.06. The average Bonchev–Trinajstić information content (AvgIpc) is 2.65. The Kier molecular flexibility index (Phi) is 7.95. The number of anilines is 1. The van der Waals surface area contributed by atoms with E-state index in [4.69, 9.17) is 10.5 Å². The standard InChI is InChI=1S/C21H26N2O2.ClH/c22-20-8-6-17(7-9-20)14-21(24)23(15-18-4-2-1-3-5-18)16-19-10-12-25-13-11-19;/h1-9,19H,10-16,22H2;1H. The van der Waals surface area contributed by atoms with E-state index in [1.54, 1.807) is 0 Å². The van der Waals surface area contributed by atoms with E-state index in [1.165, 1.54) is 5.56 Å². The molecule has 0 radical (unpaired) electrons. The van der Waals surface area contributed by atoms with Crippen molar-refractivity contribution in [1.29, 1.82) is 0 Å². The highest BCUT2D eigenvalue weighted by Gasteiger charge is 2.21. The van der Waals surface area contributed by atoms with Crippen molar-refractivity contribution < 1.29 is 9.53 Å². The minimum absolute atomic E-state index is 0. The molecular formula is C21H27ClN2O2. The van der Waals surface area contributed by atoms with Crippen molar-refractivity contribution in [2.75, 3.05) is 25.5 Å². The smallest absolute Gasteiger partial charge is 0.227 e. The number of nitrogens with two attached hydrogens (primary N) is 1. The fourth-order valence-corrected chi connectivity index (χ4v) is 3.22. The van der Waals surface area contributed by atoms with Gasteiger partial charge in [0.2, 0.25) is 5.91 Å². The molecule has 2 aromatic carbocycles. The number of benzene rings is 2. The Balaban J connectivity index is 0.00000243. The van der Waals surface area contributed by atoms with E-state index in [2.05, 4.69) is 12.1 Å². The van der Waals surface area contributed by atoms with Crippen LogP contribution >= 0.6 is 12.4 Å². The SMILES string of the molecule is Cl.Nc1ccc(CC(=O)N(Cc2ccccc2)CC2CCOCC2)cc1. The maximum atomic E-state index is 12.9. The molecule has 0 spiro atoms. The molecule has 0 saturated carbocycles. The van der Waals surface area contributed by atoms with Gasteiger partial charge in [-0.1, -0.05) is 42.5 Å². The molecule has 1 amide bonds. The molecule has 0 aliphatic carbocycles. The van der Waals surface area contributed by atoms with Crippen LogP contribution in [0.15, 0.2) is 54.6 Å². The minimum Gasteiger partial charge on any atom is -0.399 e. The molecule has 26 heavy (non-hydrogen) atoms. The van der Waals surface area contributed by atoms with Crippen molar-refractivity contribution in [3.63, 3.8) is 0 Å². The van der Waals surface area contributed by atoms with Gasteiger partial charge < -0.3 is 15.4 Å². The number of amides is 1. The van der Waals surface area contributed by atoms with Crippen molar-refractivity contribution in [3.05, 3.63) is 65.7 Å². The topological polar surface area (TPSA) is 55.6 Å². The van der Waals surface area contributed by atoms with Crippen LogP contribution in [0.5, 0.6) is 0 Å². The molecule has 2 aromatic rings. The second-order valence-electron chi connectivity index (χ2n) is 6.73. The lowest BCUT2D eigenvalue weighted by Gasteiger charge is -2.30. The molecule has 5 heteroatoms. The highest BCUT2D eigenvalue weighted by Crippen LogP contribution is 2.19. The minimum atomic E-state index is 0. The van der Waals surface area contributed by atoms with Gasteiger partial charge in [-0.2, -0.15) is 0 Å². The molecule has 1 saturated heterocycles. The molecular weight excluding hydrogens is 348 g/mol. The summed E-state index contributed by atoms with van der Waals surface area (Å²) in [5, 5.41) is 0. The predicted octanol–water partition coefficient (Wildman–Crippen LogP) is 3.69. The molecule has 0 aromatic heterocycles. The molecule has 0 bridgehead atoms. The van der Waals surface area contributed by atoms with Gasteiger partial charge in [-0.15, -0.1) is 12.4 Å². The normalized spacial score (nSPS) is 14.5. The van der Waals surface area contributed by atoms with Gasteiger partial charge in [-0.3, -0.25) is 4.79 Å². The molecule has 4 nitrogen and oxygen atoms in total. The van der Waals surface area contributed by atoms with Crippen LogP contribution in [0.4, 0.5) is 5.69 Å². The molecule has 1 heterocycles. The summed E-state index contributed by atoms with van der Waals surface area (Å²) in [5.74, 6) is 0.688. The fraction of sp³-hybridized carbons (Fsp3) is 0.381. The number of nitrogens with zero attached hydrogens (tertiary/aromatic N) is 1. The number of rotatable bonds is 6. The molecule has 0 atom stereocenters. The highest BCUT2D eigenvalue weighted by molar-refractivity contribution is 5.85. The molecule has 1 fully saturated rings. The van der Waals surface area contributed by atoms with E-state index in [0.717, 1.165) is 43.9 Å². The molecule has 1 aliphatic rings. The first-order valence-corrected chi connectivity index (χ1v) is 8.94. The van der Waals surface area contributed by atoms with Gasteiger partial charge in [0.15, 0.2) is 0 Å². The fourth-order valence-electron chi connectivity index (χ4n) is 3.22. The van der Waals surface area contributed by atoms with Crippen LogP contribution < -0.4 is 5.73 Å². The van der Waals surface area contributed by atoms with Crippen molar-refractivity contribution >= 4 is 24.0 Å². The molecule has 3 rings (SSSR count). The number of hydrogen-bond acceptors (Lipinski definition) is 3. The van der Waals surface area contributed by atoms with Crippen LogP contribution in [0, 0.1) is 5.92 Å². The Hall–Kier alpha value is -2.04. The first kappa shape index (κ1) is 20.3.